The van der Waals surface area contributed by atoms with Crippen LogP contribution < -0.4 is 0 Å². The smallest absolute Gasteiger partial charge is 0.226 e. The highest BCUT2D eigenvalue weighted by Crippen LogP contribution is 2.45. The summed E-state index contributed by atoms with van der Waals surface area (Å²) in [5.74, 6) is 2.03. The van der Waals surface area contributed by atoms with Gasteiger partial charge in [-0.1, -0.05) is 115 Å². The molecule has 0 fully saturated rings. The van der Waals surface area contributed by atoms with Gasteiger partial charge in [-0.25, -0.2) is 19.9 Å². The predicted molar refractivity (Wildman–Crippen MR) is 208 cm³/mol. The molecule has 242 valence electrons. The van der Waals surface area contributed by atoms with Crippen LogP contribution in [0.5, 0.6) is 0 Å². The normalized spacial score (nSPS) is 11.6. The third-order valence-electron chi connectivity index (χ3n) is 9.16. The Morgan fingerprint density at radius 2 is 1.20 bits per heavy atom. The SMILES string of the molecule is C=Nc1oc2ccc(-c3cccc(-c4ccccc4)c3)c(-c3nc(-c4ccccc4)nc(-c4ccc5c(c4)oc4ccccc45)n3)c2c1/C=C\C. The molecule has 0 amide bonds. The second kappa shape index (κ2) is 12.5. The summed E-state index contributed by atoms with van der Waals surface area (Å²) < 4.78 is 12.6. The Morgan fingerprint density at radius 3 is 1.98 bits per heavy atom. The number of aliphatic imine (C=N–C) groups is 1. The lowest BCUT2D eigenvalue weighted by Crippen LogP contribution is -2.02. The van der Waals surface area contributed by atoms with Crippen molar-refractivity contribution in [3.05, 3.63) is 151 Å². The topological polar surface area (TPSA) is 77.3 Å². The fourth-order valence-corrected chi connectivity index (χ4v) is 6.81. The van der Waals surface area contributed by atoms with E-state index in [0.717, 1.165) is 71.8 Å². The molecule has 0 atom stereocenters. The van der Waals surface area contributed by atoms with E-state index in [-0.39, 0.29) is 0 Å². The van der Waals surface area contributed by atoms with Crippen molar-refractivity contribution in [2.24, 2.45) is 4.99 Å². The molecule has 3 heterocycles. The highest BCUT2D eigenvalue weighted by Gasteiger charge is 2.24. The first-order valence-corrected chi connectivity index (χ1v) is 16.8. The maximum atomic E-state index is 6.29. The first-order chi connectivity index (χ1) is 25.2. The Morgan fingerprint density at radius 1 is 0.529 bits per heavy atom. The molecule has 0 radical (unpaired) electrons. The van der Waals surface area contributed by atoms with Crippen molar-refractivity contribution in [1.29, 1.82) is 0 Å². The molecular weight excluding hydrogens is 629 g/mol. The van der Waals surface area contributed by atoms with Gasteiger partial charge in [-0.15, -0.1) is 0 Å². The van der Waals surface area contributed by atoms with Gasteiger partial charge in [0.15, 0.2) is 17.5 Å². The summed E-state index contributed by atoms with van der Waals surface area (Å²) in [5.41, 5.74) is 9.79. The minimum absolute atomic E-state index is 0.437. The molecule has 9 aromatic rings. The molecule has 0 saturated heterocycles. The van der Waals surface area contributed by atoms with Crippen LogP contribution in [0.2, 0.25) is 0 Å². The molecule has 6 heteroatoms. The maximum Gasteiger partial charge on any atom is 0.226 e. The molecule has 0 saturated carbocycles. The van der Waals surface area contributed by atoms with Crippen molar-refractivity contribution < 1.29 is 8.83 Å². The van der Waals surface area contributed by atoms with Crippen LogP contribution in [-0.2, 0) is 0 Å². The molecule has 0 aliphatic heterocycles. The van der Waals surface area contributed by atoms with E-state index >= 15 is 0 Å². The molecule has 0 aliphatic rings. The quantitative estimate of drug-likeness (QED) is 0.159. The van der Waals surface area contributed by atoms with Crippen molar-refractivity contribution in [2.45, 2.75) is 6.92 Å². The molecule has 3 aromatic heterocycles. The third kappa shape index (κ3) is 5.30. The molecule has 0 unspecified atom stereocenters. The Kier molecular flexibility index (Phi) is 7.40. The van der Waals surface area contributed by atoms with Gasteiger partial charge in [0.25, 0.3) is 0 Å². The average molecular weight is 659 g/mol. The van der Waals surface area contributed by atoms with Crippen molar-refractivity contribution in [1.82, 2.24) is 15.0 Å². The van der Waals surface area contributed by atoms with Gasteiger partial charge in [-0.05, 0) is 72.3 Å². The van der Waals surface area contributed by atoms with E-state index in [1.54, 1.807) is 0 Å². The Hall–Kier alpha value is -6.92. The van der Waals surface area contributed by atoms with Crippen molar-refractivity contribution in [3.63, 3.8) is 0 Å². The molecule has 6 aromatic carbocycles. The molecule has 0 aliphatic carbocycles. The first-order valence-electron chi connectivity index (χ1n) is 16.8. The number of benzene rings is 6. The van der Waals surface area contributed by atoms with Crippen LogP contribution in [0.25, 0.3) is 95.4 Å². The highest BCUT2D eigenvalue weighted by atomic mass is 16.3. The summed E-state index contributed by atoms with van der Waals surface area (Å²) in [5, 5.41) is 2.95. The molecule has 9 rings (SSSR count). The summed E-state index contributed by atoms with van der Waals surface area (Å²) in [7, 11) is 0. The Labute approximate surface area is 294 Å². The molecule has 51 heavy (non-hydrogen) atoms. The summed E-state index contributed by atoms with van der Waals surface area (Å²) in [6.45, 7) is 5.79. The van der Waals surface area contributed by atoms with Gasteiger partial charge >= 0.3 is 0 Å². The zero-order valence-electron chi connectivity index (χ0n) is 27.7. The van der Waals surface area contributed by atoms with E-state index in [4.69, 9.17) is 23.8 Å². The van der Waals surface area contributed by atoms with Crippen LogP contribution in [0.1, 0.15) is 12.5 Å². The Bertz CT molecular complexity index is 2780. The average Bonchev–Trinajstić information content (AvgIpc) is 3.75. The van der Waals surface area contributed by atoms with E-state index < -0.39 is 0 Å². The fourth-order valence-electron chi connectivity index (χ4n) is 6.81. The monoisotopic (exact) mass is 658 g/mol. The lowest BCUT2D eigenvalue weighted by Gasteiger charge is -2.14. The summed E-state index contributed by atoms with van der Waals surface area (Å²) >= 11 is 0. The highest BCUT2D eigenvalue weighted by molar-refractivity contribution is 6.08. The summed E-state index contributed by atoms with van der Waals surface area (Å²) in [4.78, 5) is 19.7. The van der Waals surface area contributed by atoms with Gasteiger partial charge in [0, 0.05) is 38.4 Å². The first kappa shape index (κ1) is 30.2. The second-order valence-electron chi connectivity index (χ2n) is 12.3. The molecule has 0 bridgehead atoms. The van der Waals surface area contributed by atoms with Gasteiger partial charge in [0.05, 0.1) is 0 Å². The second-order valence-corrected chi connectivity index (χ2v) is 12.3. The number of nitrogens with zero attached hydrogens (tertiary/aromatic N) is 4. The number of hydrogen-bond donors (Lipinski definition) is 0. The van der Waals surface area contributed by atoms with E-state index in [0.29, 0.717) is 28.9 Å². The molecular formula is C45H30N4O2. The third-order valence-corrected chi connectivity index (χ3v) is 9.16. The molecule has 6 nitrogen and oxygen atoms in total. The van der Waals surface area contributed by atoms with Gasteiger partial charge in [0.2, 0.25) is 5.88 Å². The number of para-hydroxylation sites is 1. The van der Waals surface area contributed by atoms with Gasteiger partial charge < -0.3 is 8.83 Å². The van der Waals surface area contributed by atoms with Crippen molar-refractivity contribution in [3.8, 4) is 56.4 Å². The van der Waals surface area contributed by atoms with Crippen LogP contribution in [0.15, 0.2) is 159 Å². The van der Waals surface area contributed by atoms with E-state index in [1.165, 1.54) is 0 Å². The standard InChI is InChI=1S/C45H30N4O2/c1-3-13-36-40-38(51-45(36)46-2)25-24-33(31-19-12-18-30(26-31)28-14-6-4-7-15-28)41(40)44-48-42(29-16-8-5-9-17-29)47-43(49-44)32-22-23-35-34-20-10-11-21-37(34)50-39(35)27-32/h3-27H,2H2,1H3/b13-3-. The van der Waals surface area contributed by atoms with Crippen LogP contribution in [0.4, 0.5) is 5.88 Å². The van der Waals surface area contributed by atoms with Crippen LogP contribution >= 0.6 is 0 Å². The number of hydrogen-bond acceptors (Lipinski definition) is 6. The Balaban J connectivity index is 1.34. The summed E-state index contributed by atoms with van der Waals surface area (Å²) in [6, 6.07) is 47.2. The van der Waals surface area contributed by atoms with Crippen LogP contribution in [0.3, 0.4) is 0 Å². The number of fused-ring (bicyclic) bond motifs is 4. The minimum atomic E-state index is 0.437. The van der Waals surface area contributed by atoms with Crippen molar-refractivity contribution >= 4 is 51.6 Å². The van der Waals surface area contributed by atoms with Crippen LogP contribution in [-0.4, -0.2) is 21.7 Å². The maximum absolute atomic E-state index is 6.29. The summed E-state index contributed by atoms with van der Waals surface area (Å²) in [6.07, 6.45) is 3.97. The predicted octanol–water partition coefficient (Wildman–Crippen LogP) is 12.2. The fraction of sp³-hybridized carbons (Fsp3) is 0.0222. The number of allylic oxidation sites excluding steroid dienone is 1. The van der Waals surface area contributed by atoms with Crippen LogP contribution in [0, 0.1) is 0 Å². The van der Waals surface area contributed by atoms with E-state index in [2.05, 4.69) is 78.4 Å². The number of rotatable bonds is 7. The van der Waals surface area contributed by atoms with Gasteiger partial charge in [-0.3, -0.25) is 0 Å². The van der Waals surface area contributed by atoms with E-state index in [9.17, 15) is 0 Å². The van der Waals surface area contributed by atoms with Crippen molar-refractivity contribution in [2.75, 3.05) is 0 Å². The van der Waals surface area contributed by atoms with Gasteiger partial charge in [-0.2, -0.15) is 0 Å². The molecule has 0 N–H and O–H groups in total. The zero-order chi connectivity index (χ0) is 34.3. The number of furan rings is 2. The lowest BCUT2D eigenvalue weighted by molar-refractivity contribution is 0.626. The zero-order valence-corrected chi connectivity index (χ0v) is 27.7. The molecule has 0 spiro atoms. The number of aromatic nitrogens is 3. The largest absolute Gasteiger partial charge is 0.456 e. The van der Waals surface area contributed by atoms with E-state index in [1.807, 2.05) is 91.9 Å². The van der Waals surface area contributed by atoms with Gasteiger partial charge in [0.1, 0.15) is 16.7 Å². The lowest BCUT2D eigenvalue weighted by atomic mass is 9.92. The minimum Gasteiger partial charge on any atom is -0.456 e.